The average molecular weight is 289 g/mol. The molecule has 114 valence electrons. The van der Waals surface area contributed by atoms with Gasteiger partial charge < -0.3 is 14.8 Å². The highest BCUT2D eigenvalue weighted by Crippen LogP contribution is 2.26. The van der Waals surface area contributed by atoms with E-state index in [0.29, 0.717) is 13.0 Å². The van der Waals surface area contributed by atoms with Crippen molar-refractivity contribution in [1.29, 1.82) is 0 Å². The maximum absolute atomic E-state index is 12.2. The van der Waals surface area contributed by atoms with Crippen molar-refractivity contribution >= 4 is 11.6 Å². The van der Waals surface area contributed by atoms with Gasteiger partial charge in [0, 0.05) is 25.8 Å². The van der Waals surface area contributed by atoms with Crippen LogP contribution in [0.25, 0.3) is 0 Å². The van der Waals surface area contributed by atoms with Gasteiger partial charge in [0.15, 0.2) is 0 Å². The van der Waals surface area contributed by atoms with Crippen molar-refractivity contribution in [3.05, 3.63) is 29.3 Å². The molecule has 4 nitrogen and oxygen atoms in total. The lowest BCUT2D eigenvalue weighted by Gasteiger charge is -2.29. The van der Waals surface area contributed by atoms with Gasteiger partial charge in [-0.15, -0.1) is 0 Å². The van der Waals surface area contributed by atoms with Gasteiger partial charge in [0.1, 0.15) is 0 Å². The summed E-state index contributed by atoms with van der Waals surface area (Å²) in [5, 5.41) is 3.03. The van der Waals surface area contributed by atoms with E-state index in [-0.39, 0.29) is 17.9 Å². The van der Waals surface area contributed by atoms with E-state index in [1.54, 1.807) is 7.11 Å². The van der Waals surface area contributed by atoms with Gasteiger partial charge in [-0.25, -0.2) is 0 Å². The van der Waals surface area contributed by atoms with Crippen molar-refractivity contribution in [1.82, 2.24) is 0 Å². The van der Waals surface area contributed by atoms with Gasteiger partial charge in [0.2, 0.25) is 5.91 Å². The Kier molecular flexibility index (Phi) is 4.56. The Bertz CT molecular complexity index is 515. The summed E-state index contributed by atoms with van der Waals surface area (Å²) in [5.74, 6) is 0.320. The van der Waals surface area contributed by atoms with Crippen LogP contribution in [0.15, 0.2) is 18.2 Å². The van der Waals surface area contributed by atoms with Crippen LogP contribution >= 0.6 is 0 Å². The fourth-order valence-corrected chi connectivity index (χ4v) is 3.35. The van der Waals surface area contributed by atoms with Crippen LogP contribution in [-0.2, 0) is 27.1 Å². The predicted octanol–water partition coefficient (Wildman–Crippen LogP) is 2.56. The first-order chi connectivity index (χ1) is 10.3. The van der Waals surface area contributed by atoms with Crippen LogP contribution in [0.2, 0.25) is 0 Å². The Morgan fingerprint density at radius 3 is 3.10 bits per heavy atom. The van der Waals surface area contributed by atoms with E-state index in [0.717, 1.165) is 25.1 Å². The van der Waals surface area contributed by atoms with Crippen LogP contribution in [-0.4, -0.2) is 32.3 Å². The Balaban J connectivity index is 1.58. The van der Waals surface area contributed by atoms with Crippen LogP contribution in [0, 0.1) is 5.92 Å². The molecule has 1 aromatic carbocycles. The lowest BCUT2D eigenvalue weighted by Crippen LogP contribution is -2.36. The third-order valence-corrected chi connectivity index (χ3v) is 4.57. The molecule has 1 N–H and O–H groups in total. The molecule has 1 amide bonds. The summed E-state index contributed by atoms with van der Waals surface area (Å²) in [6.45, 7) is 1.31. The first-order valence-corrected chi connectivity index (χ1v) is 7.78. The van der Waals surface area contributed by atoms with Crippen molar-refractivity contribution < 1.29 is 14.3 Å². The third-order valence-electron chi connectivity index (χ3n) is 4.57. The second kappa shape index (κ2) is 6.58. The minimum Gasteiger partial charge on any atom is -0.379 e. The molecular formula is C17H23NO3. The number of ether oxygens (including phenoxy) is 2. The van der Waals surface area contributed by atoms with Crippen LogP contribution in [0.5, 0.6) is 0 Å². The Hall–Kier alpha value is -1.39. The van der Waals surface area contributed by atoms with Crippen molar-refractivity contribution in [3.63, 3.8) is 0 Å². The number of methoxy groups -OCH3 is 1. The second-order valence-corrected chi connectivity index (χ2v) is 5.99. The van der Waals surface area contributed by atoms with Gasteiger partial charge in [-0.3, -0.25) is 4.79 Å². The SMILES string of the molecule is CO[C@H]1COCC[C@@H]1CC(=O)Nc1ccc2c(c1)CCC2. The highest BCUT2D eigenvalue weighted by atomic mass is 16.5. The standard InChI is InChI=1S/C17H23NO3/c1-20-16-11-21-8-7-14(16)10-17(19)18-15-6-5-12-3-2-4-13(12)9-15/h5-6,9,14,16H,2-4,7-8,10-11H2,1H3,(H,18,19)/t14-,16+/m1/s1. The molecule has 0 saturated carbocycles. The molecule has 1 aliphatic heterocycles. The van der Waals surface area contributed by atoms with E-state index in [1.807, 2.05) is 6.07 Å². The summed E-state index contributed by atoms with van der Waals surface area (Å²) >= 11 is 0. The molecule has 1 heterocycles. The summed E-state index contributed by atoms with van der Waals surface area (Å²) in [7, 11) is 1.69. The average Bonchev–Trinajstić information content (AvgIpc) is 2.95. The van der Waals surface area contributed by atoms with Gasteiger partial charge in [0.25, 0.3) is 0 Å². The van der Waals surface area contributed by atoms with Crippen molar-refractivity contribution in [2.75, 3.05) is 25.6 Å². The monoisotopic (exact) mass is 289 g/mol. The maximum Gasteiger partial charge on any atom is 0.224 e. The van der Waals surface area contributed by atoms with Crippen LogP contribution in [0.3, 0.4) is 0 Å². The lowest BCUT2D eigenvalue weighted by molar-refractivity contribution is -0.121. The number of benzene rings is 1. The Morgan fingerprint density at radius 2 is 2.24 bits per heavy atom. The molecule has 0 bridgehead atoms. The molecule has 0 aromatic heterocycles. The molecule has 2 atom stereocenters. The zero-order valence-electron chi connectivity index (χ0n) is 12.6. The fraction of sp³-hybridized carbons (Fsp3) is 0.588. The zero-order valence-corrected chi connectivity index (χ0v) is 12.6. The molecule has 1 saturated heterocycles. The van der Waals surface area contributed by atoms with Crippen molar-refractivity contribution in [2.45, 2.75) is 38.2 Å². The topological polar surface area (TPSA) is 47.6 Å². The first kappa shape index (κ1) is 14.5. The molecular weight excluding hydrogens is 266 g/mol. The summed E-state index contributed by atoms with van der Waals surface area (Å²) < 4.78 is 10.8. The van der Waals surface area contributed by atoms with Crippen molar-refractivity contribution in [3.8, 4) is 0 Å². The minimum atomic E-state index is 0.0320. The molecule has 1 aliphatic carbocycles. The number of amides is 1. The summed E-state index contributed by atoms with van der Waals surface area (Å²) in [4.78, 5) is 12.2. The number of aryl methyl sites for hydroxylation is 2. The number of hydrogen-bond acceptors (Lipinski definition) is 3. The van der Waals surface area contributed by atoms with Gasteiger partial charge in [-0.1, -0.05) is 6.07 Å². The van der Waals surface area contributed by atoms with E-state index < -0.39 is 0 Å². The van der Waals surface area contributed by atoms with Crippen LogP contribution < -0.4 is 5.32 Å². The number of carbonyl (C=O) groups is 1. The van der Waals surface area contributed by atoms with E-state index in [4.69, 9.17) is 9.47 Å². The highest BCUT2D eigenvalue weighted by molar-refractivity contribution is 5.91. The van der Waals surface area contributed by atoms with Gasteiger partial charge in [-0.2, -0.15) is 0 Å². The minimum absolute atomic E-state index is 0.0320. The fourth-order valence-electron chi connectivity index (χ4n) is 3.35. The maximum atomic E-state index is 12.2. The van der Waals surface area contributed by atoms with Crippen LogP contribution in [0.4, 0.5) is 5.69 Å². The van der Waals surface area contributed by atoms with Gasteiger partial charge in [-0.05, 0) is 54.9 Å². The van der Waals surface area contributed by atoms with E-state index in [9.17, 15) is 4.79 Å². The van der Waals surface area contributed by atoms with E-state index in [2.05, 4.69) is 17.4 Å². The number of hydrogen-bond donors (Lipinski definition) is 1. The molecule has 0 radical (unpaired) electrons. The molecule has 0 unspecified atom stereocenters. The van der Waals surface area contributed by atoms with Crippen molar-refractivity contribution in [2.24, 2.45) is 5.92 Å². The number of fused-ring (bicyclic) bond motifs is 1. The first-order valence-electron chi connectivity index (χ1n) is 7.78. The molecule has 3 rings (SSSR count). The number of rotatable bonds is 4. The third kappa shape index (κ3) is 3.44. The highest BCUT2D eigenvalue weighted by Gasteiger charge is 2.27. The number of carbonyl (C=O) groups excluding carboxylic acids is 1. The molecule has 2 aliphatic rings. The normalized spacial score (nSPS) is 24.6. The lowest BCUT2D eigenvalue weighted by atomic mass is 9.93. The molecule has 1 fully saturated rings. The second-order valence-electron chi connectivity index (χ2n) is 5.99. The zero-order chi connectivity index (χ0) is 14.7. The molecule has 21 heavy (non-hydrogen) atoms. The van der Waals surface area contributed by atoms with Gasteiger partial charge in [0.05, 0.1) is 12.7 Å². The van der Waals surface area contributed by atoms with Crippen LogP contribution in [0.1, 0.15) is 30.4 Å². The van der Waals surface area contributed by atoms with E-state index in [1.165, 1.54) is 24.0 Å². The predicted molar refractivity (Wildman–Crippen MR) is 81.4 cm³/mol. The number of nitrogens with one attached hydrogen (secondary N) is 1. The Labute approximate surface area is 125 Å². The Morgan fingerprint density at radius 1 is 1.38 bits per heavy atom. The summed E-state index contributed by atoms with van der Waals surface area (Å²) in [6, 6.07) is 6.28. The number of anilines is 1. The summed E-state index contributed by atoms with van der Waals surface area (Å²) in [6.07, 6.45) is 4.94. The molecule has 0 spiro atoms. The quantitative estimate of drug-likeness (QED) is 0.926. The smallest absolute Gasteiger partial charge is 0.224 e. The molecule has 4 heteroatoms. The molecule has 1 aromatic rings. The largest absolute Gasteiger partial charge is 0.379 e. The summed E-state index contributed by atoms with van der Waals surface area (Å²) in [5.41, 5.74) is 3.73. The van der Waals surface area contributed by atoms with Gasteiger partial charge >= 0.3 is 0 Å². The van der Waals surface area contributed by atoms with E-state index >= 15 is 0 Å².